The zero-order valence-corrected chi connectivity index (χ0v) is 8.93. The molecule has 6 heteroatoms. The highest BCUT2D eigenvalue weighted by atomic mass is 35.5. The Bertz CT molecular complexity index is 323. The van der Waals surface area contributed by atoms with E-state index in [-0.39, 0.29) is 6.03 Å². The van der Waals surface area contributed by atoms with Gasteiger partial charge in [-0.3, -0.25) is 4.68 Å². The van der Waals surface area contributed by atoms with Crippen molar-refractivity contribution in [1.82, 2.24) is 20.4 Å². The maximum atomic E-state index is 11.0. The molecule has 0 fully saturated rings. The Morgan fingerprint density at radius 1 is 1.64 bits per heavy atom. The summed E-state index contributed by atoms with van der Waals surface area (Å²) in [5.74, 6) is 0. The van der Waals surface area contributed by atoms with E-state index in [0.29, 0.717) is 23.8 Å². The number of carbonyl (C=O) groups is 1. The number of nitrogens with one attached hydrogen (secondary N) is 2. The average Bonchev–Trinajstić information content (AvgIpc) is 2.42. The molecule has 0 bridgehead atoms. The second kappa shape index (κ2) is 4.85. The normalized spacial score (nSPS) is 9.93. The summed E-state index contributed by atoms with van der Waals surface area (Å²) in [6.45, 7) is 2.79. The summed E-state index contributed by atoms with van der Waals surface area (Å²) in [6.07, 6.45) is 1.69. The zero-order valence-electron chi connectivity index (χ0n) is 8.17. The molecule has 5 nitrogen and oxygen atoms in total. The molecule has 0 unspecified atom stereocenters. The van der Waals surface area contributed by atoms with Gasteiger partial charge in [0.05, 0.1) is 11.6 Å². The summed E-state index contributed by atoms with van der Waals surface area (Å²) < 4.78 is 1.61. The SMILES string of the molecule is CCNC(=O)NCc1nn(C)cc1Cl. The van der Waals surface area contributed by atoms with Crippen LogP contribution in [-0.4, -0.2) is 22.4 Å². The number of carbonyl (C=O) groups excluding carboxylic acids is 1. The number of aryl methyl sites for hydroxylation is 1. The number of hydrogen-bond donors (Lipinski definition) is 2. The maximum Gasteiger partial charge on any atom is 0.315 e. The van der Waals surface area contributed by atoms with Gasteiger partial charge in [-0.1, -0.05) is 11.6 Å². The molecule has 1 aromatic rings. The van der Waals surface area contributed by atoms with Crippen LogP contribution in [0.1, 0.15) is 12.6 Å². The molecule has 1 rings (SSSR count). The molecule has 14 heavy (non-hydrogen) atoms. The van der Waals surface area contributed by atoms with Gasteiger partial charge in [-0.05, 0) is 6.92 Å². The summed E-state index contributed by atoms with van der Waals surface area (Å²) in [7, 11) is 1.78. The van der Waals surface area contributed by atoms with Crippen LogP contribution in [0, 0.1) is 0 Å². The first-order valence-corrected chi connectivity index (χ1v) is 4.71. The number of rotatable bonds is 3. The van der Waals surface area contributed by atoms with Crippen molar-refractivity contribution in [2.24, 2.45) is 7.05 Å². The number of nitrogens with zero attached hydrogens (tertiary/aromatic N) is 2. The molecule has 0 radical (unpaired) electrons. The van der Waals surface area contributed by atoms with Crippen LogP contribution in [0.4, 0.5) is 4.79 Å². The summed E-state index contributed by atoms with van der Waals surface area (Å²) in [5, 5.41) is 9.90. The van der Waals surface area contributed by atoms with Gasteiger partial charge in [-0.2, -0.15) is 5.10 Å². The first-order chi connectivity index (χ1) is 6.63. The molecule has 0 aliphatic heterocycles. The molecule has 0 aromatic carbocycles. The third kappa shape index (κ3) is 2.92. The van der Waals surface area contributed by atoms with Crippen LogP contribution in [0.25, 0.3) is 0 Å². The predicted octanol–water partition coefficient (Wildman–Crippen LogP) is 0.893. The third-order valence-corrected chi connectivity index (χ3v) is 1.92. The number of halogens is 1. The van der Waals surface area contributed by atoms with Crippen molar-refractivity contribution >= 4 is 17.6 Å². The second-order valence-electron chi connectivity index (χ2n) is 2.81. The molecule has 1 heterocycles. The molecule has 2 amide bonds. The lowest BCUT2D eigenvalue weighted by molar-refractivity contribution is 0.241. The fourth-order valence-corrected chi connectivity index (χ4v) is 1.26. The molecule has 78 valence electrons. The Morgan fingerprint density at radius 2 is 2.36 bits per heavy atom. The highest BCUT2D eigenvalue weighted by Crippen LogP contribution is 2.12. The van der Waals surface area contributed by atoms with E-state index in [1.54, 1.807) is 17.9 Å². The van der Waals surface area contributed by atoms with Gasteiger partial charge >= 0.3 is 6.03 Å². The van der Waals surface area contributed by atoms with Crippen molar-refractivity contribution < 1.29 is 4.79 Å². The third-order valence-electron chi connectivity index (χ3n) is 1.61. The molecular weight excluding hydrogens is 204 g/mol. The molecule has 1 aromatic heterocycles. The fourth-order valence-electron chi connectivity index (χ4n) is 1.01. The zero-order chi connectivity index (χ0) is 10.6. The molecule has 0 aliphatic carbocycles. The number of urea groups is 1. The molecular formula is C8H13ClN4O. The highest BCUT2D eigenvalue weighted by molar-refractivity contribution is 6.31. The summed E-state index contributed by atoms with van der Waals surface area (Å²) >= 11 is 5.85. The molecule has 0 spiro atoms. The van der Waals surface area contributed by atoms with Crippen molar-refractivity contribution in [3.8, 4) is 0 Å². The van der Waals surface area contributed by atoms with Gasteiger partial charge in [0.2, 0.25) is 0 Å². The van der Waals surface area contributed by atoms with Crippen LogP contribution in [0.5, 0.6) is 0 Å². The second-order valence-corrected chi connectivity index (χ2v) is 3.22. The Hall–Kier alpha value is -1.23. The van der Waals surface area contributed by atoms with Crippen LogP contribution in [0.15, 0.2) is 6.20 Å². The van der Waals surface area contributed by atoms with Crippen molar-refractivity contribution in [3.05, 3.63) is 16.9 Å². The summed E-state index contributed by atoms with van der Waals surface area (Å²) in [4.78, 5) is 11.0. The monoisotopic (exact) mass is 216 g/mol. The summed E-state index contributed by atoms with van der Waals surface area (Å²) in [6, 6.07) is -0.214. The van der Waals surface area contributed by atoms with Gasteiger partial charge in [0.25, 0.3) is 0 Å². The summed E-state index contributed by atoms with van der Waals surface area (Å²) in [5.41, 5.74) is 0.667. The van der Waals surface area contributed by atoms with Crippen LogP contribution in [0.3, 0.4) is 0 Å². The molecule has 2 N–H and O–H groups in total. The Morgan fingerprint density at radius 3 is 2.86 bits per heavy atom. The van der Waals surface area contributed by atoms with Crippen LogP contribution in [-0.2, 0) is 13.6 Å². The lowest BCUT2D eigenvalue weighted by Gasteiger charge is -2.03. The van der Waals surface area contributed by atoms with Crippen molar-refractivity contribution in [1.29, 1.82) is 0 Å². The standard InChI is InChI=1S/C8H13ClN4O/c1-3-10-8(14)11-4-7-6(9)5-13(2)12-7/h5H,3-4H2,1-2H3,(H2,10,11,14). The quantitative estimate of drug-likeness (QED) is 0.789. The number of hydrogen-bond acceptors (Lipinski definition) is 2. The molecule has 0 aliphatic rings. The van der Waals surface area contributed by atoms with E-state index in [0.717, 1.165) is 0 Å². The Balaban J connectivity index is 2.45. The maximum absolute atomic E-state index is 11.0. The van der Waals surface area contributed by atoms with E-state index in [4.69, 9.17) is 11.6 Å². The molecule has 0 saturated heterocycles. The van der Waals surface area contributed by atoms with E-state index >= 15 is 0 Å². The van der Waals surface area contributed by atoms with Crippen molar-refractivity contribution in [3.63, 3.8) is 0 Å². The predicted molar refractivity (Wildman–Crippen MR) is 54.1 cm³/mol. The van der Waals surface area contributed by atoms with Gasteiger partial charge in [-0.25, -0.2) is 4.79 Å². The lowest BCUT2D eigenvalue weighted by Crippen LogP contribution is -2.34. The van der Waals surface area contributed by atoms with Crippen LogP contribution >= 0.6 is 11.6 Å². The van der Waals surface area contributed by atoms with Crippen LogP contribution in [0.2, 0.25) is 5.02 Å². The minimum absolute atomic E-state index is 0.214. The van der Waals surface area contributed by atoms with Gasteiger partial charge in [0, 0.05) is 19.8 Å². The van der Waals surface area contributed by atoms with E-state index < -0.39 is 0 Å². The van der Waals surface area contributed by atoms with Gasteiger partial charge in [0.15, 0.2) is 0 Å². The first kappa shape index (κ1) is 10.8. The average molecular weight is 217 g/mol. The van der Waals surface area contributed by atoms with Gasteiger partial charge in [0.1, 0.15) is 5.69 Å². The highest BCUT2D eigenvalue weighted by Gasteiger charge is 2.06. The smallest absolute Gasteiger partial charge is 0.315 e. The minimum Gasteiger partial charge on any atom is -0.338 e. The largest absolute Gasteiger partial charge is 0.338 e. The fraction of sp³-hybridized carbons (Fsp3) is 0.500. The minimum atomic E-state index is -0.214. The van der Waals surface area contributed by atoms with E-state index in [1.807, 2.05) is 6.92 Å². The number of amides is 2. The first-order valence-electron chi connectivity index (χ1n) is 4.33. The molecule has 0 saturated carbocycles. The topological polar surface area (TPSA) is 59.0 Å². The van der Waals surface area contributed by atoms with Gasteiger partial charge < -0.3 is 10.6 Å². The Kier molecular flexibility index (Phi) is 3.76. The lowest BCUT2D eigenvalue weighted by atomic mass is 10.4. The number of aromatic nitrogens is 2. The van der Waals surface area contributed by atoms with Crippen molar-refractivity contribution in [2.75, 3.05) is 6.54 Å². The molecule has 0 atom stereocenters. The van der Waals surface area contributed by atoms with Crippen molar-refractivity contribution in [2.45, 2.75) is 13.5 Å². The van der Waals surface area contributed by atoms with E-state index in [1.165, 1.54) is 0 Å². The van der Waals surface area contributed by atoms with Crippen LogP contribution < -0.4 is 10.6 Å². The Labute approximate surface area is 87.4 Å². The van der Waals surface area contributed by atoms with Gasteiger partial charge in [-0.15, -0.1) is 0 Å². The van der Waals surface area contributed by atoms with E-state index in [2.05, 4.69) is 15.7 Å². The van der Waals surface area contributed by atoms with E-state index in [9.17, 15) is 4.79 Å².